The molecule has 0 radical (unpaired) electrons. The summed E-state index contributed by atoms with van der Waals surface area (Å²) in [5.74, 6) is 0.653. The standard InChI is InChI=1S/C18H17NO2S/c20-16-15(11-13-7-3-1-4-8-13)19-18(21)17(16)22-12-14-9-5-2-6-10-14/h1-10,15,20H,11-12H2,(H,19,21). The van der Waals surface area contributed by atoms with Crippen LogP contribution in [0.4, 0.5) is 0 Å². The largest absolute Gasteiger partial charge is 0.509 e. The third kappa shape index (κ3) is 3.34. The summed E-state index contributed by atoms with van der Waals surface area (Å²) in [4.78, 5) is 12.5. The van der Waals surface area contributed by atoms with Gasteiger partial charge in [0.15, 0.2) is 0 Å². The Morgan fingerprint density at radius 1 is 0.955 bits per heavy atom. The molecule has 0 aliphatic carbocycles. The maximum absolute atomic E-state index is 12.1. The highest BCUT2D eigenvalue weighted by molar-refractivity contribution is 8.03. The minimum Gasteiger partial charge on any atom is -0.509 e. The normalized spacial score (nSPS) is 17.6. The summed E-state index contributed by atoms with van der Waals surface area (Å²) in [6, 6.07) is 19.5. The van der Waals surface area contributed by atoms with Gasteiger partial charge in [0.2, 0.25) is 0 Å². The van der Waals surface area contributed by atoms with E-state index in [1.807, 2.05) is 60.7 Å². The summed E-state index contributed by atoms with van der Waals surface area (Å²) in [6.07, 6.45) is 0.605. The maximum atomic E-state index is 12.1. The Morgan fingerprint density at radius 2 is 1.55 bits per heavy atom. The number of carbonyl (C=O) groups is 1. The van der Waals surface area contributed by atoms with Gasteiger partial charge in [-0.15, -0.1) is 11.8 Å². The molecular formula is C18H17NO2S. The molecule has 2 aromatic rings. The Bertz CT molecular complexity index is 683. The number of nitrogens with one attached hydrogen (secondary N) is 1. The number of rotatable bonds is 5. The van der Waals surface area contributed by atoms with E-state index in [-0.39, 0.29) is 17.7 Å². The fourth-order valence-corrected chi connectivity index (χ4v) is 3.42. The highest BCUT2D eigenvalue weighted by Gasteiger charge is 2.31. The number of carbonyl (C=O) groups excluding carboxylic acids is 1. The van der Waals surface area contributed by atoms with Crippen LogP contribution in [0.3, 0.4) is 0 Å². The molecule has 1 aliphatic heterocycles. The highest BCUT2D eigenvalue weighted by atomic mass is 32.2. The molecule has 1 atom stereocenters. The van der Waals surface area contributed by atoms with Crippen LogP contribution in [-0.4, -0.2) is 17.1 Å². The molecule has 0 aromatic heterocycles. The Hall–Kier alpha value is -2.20. The molecule has 0 saturated heterocycles. The number of thioether (sulfide) groups is 1. The molecule has 3 nitrogen and oxygen atoms in total. The predicted octanol–water partition coefficient (Wildman–Crippen LogP) is 3.43. The van der Waals surface area contributed by atoms with Crippen molar-refractivity contribution in [3.63, 3.8) is 0 Å². The SMILES string of the molecule is O=C1NC(Cc2ccccc2)C(O)=C1SCc1ccccc1. The monoisotopic (exact) mass is 311 g/mol. The lowest BCUT2D eigenvalue weighted by molar-refractivity contribution is -0.116. The number of hydrogen-bond donors (Lipinski definition) is 2. The molecule has 2 aromatic carbocycles. The first-order valence-electron chi connectivity index (χ1n) is 7.18. The second-order valence-corrected chi connectivity index (χ2v) is 6.19. The smallest absolute Gasteiger partial charge is 0.261 e. The molecule has 3 rings (SSSR count). The Kier molecular flexibility index (Phi) is 4.49. The molecule has 112 valence electrons. The van der Waals surface area contributed by atoms with Crippen molar-refractivity contribution in [3.05, 3.63) is 82.5 Å². The summed E-state index contributed by atoms with van der Waals surface area (Å²) in [6.45, 7) is 0. The lowest BCUT2D eigenvalue weighted by Gasteiger charge is -2.10. The van der Waals surface area contributed by atoms with E-state index in [4.69, 9.17) is 0 Å². The summed E-state index contributed by atoms with van der Waals surface area (Å²) in [7, 11) is 0. The molecule has 0 bridgehead atoms. The van der Waals surface area contributed by atoms with E-state index in [1.165, 1.54) is 11.8 Å². The molecular weight excluding hydrogens is 294 g/mol. The fourth-order valence-electron chi connectivity index (χ4n) is 2.43. The van der Waals surface area contributed by atoms with E-state index in [9.17, 15) is 9.90 Å². The van der Waals surface area contributed by atoms with Crippen molar-refractivity contribution in [2.75, 3.05) is 0 Å². The molecule has 1 amide bonds. The van der Waals surface area contributed by atoms with Crippen molar-refractivity contribution >= 4 is 17.7 Å². The Labute approximate surface area is 134 Å². The summed E-state index contributed by atoms with van der Waals surface area (Å²) < 4.78 is 0. The molecule has 0 spiro atoms. The van der Waals surface area contributed by atoms with Crippen LogP contribution in [0.2, 0.25) is 0 Å². The van der Waals surface area contributed by atoms with Gasteiger partial charge in [0.05, 0.1) is 6.04 Å². The summed E-state index contributed by atoms with van der Waals surface area (Å²) >= 11 is 1.39. The van der Waals surface area contributed by atoms with E-state index < -0.39 is 0 Å². The van der Waals surface area contributed by atoms with Gasteiger partial charge >= 0.3 is 0 Å². The van der Waals surface area contributed by atoms with E-state index in [0.717, 1.165) is 11.1 Å². The zero-order valence-electron chi connectivity index (χ0n) is 12.0. The first-order valence-corrected chi connectivity index (χ1v) is 8.17. The van der Waals surface area contributed by atoms with E-state index in [1.54, 1.807) is 0 Å². The second-order valence-electron chi connectivity index (χ2n) is 5.20. The third-order valence-electron chi connectivity index (χ3n) is 3.58. The third-order valence-corrected chi connectivity index (χ3v) is 4.74. The molecule has 4 heteroatoms. The Morgan fingerprint density at radius 3 is 2.18 bits per heavy atom. The molecule has 0 saturated carbocycles. The minimum absolute atomic E-state index is 0.162. The molecule has 1 unspecified atom stereocenters. The number of aliphatic hydroxyl groups excluding tert-OH is 1. The van der Waals surface area contributed by atoms with Crippen molar-refractivity contribution < 1.29 is 9.90 Å². The lowest BCUT2D eigenvalue weighted by Crippen LogP contribution is -2.30. The number of hydrogen-bond acceptors (Lipinski definition) is 3. The number of amides is 1. The molecule has 2 N–H and O–H groups in total. The van der Waals surface area contributed by atoms with E-state index in [0.29, 0.717) is 17.1 Å². The van der Waals surface area contributed by atoms with Gasteiger partial charge in [0, 0.05) is 5.75 Å². The fraction of sp³-hybridized carbons (Fsp3) is 0.167. The van der Waals surface area contributed by atoms with Crippen molar-refractivity contribution in [2.24, 2.45) is 0 Å². The van der Waals surface area contributed by atoms with Crippen LogP contribution in [0.15, 0.2) is 71.3 Å². The van der Waals surface area contributed by atoms with E-state index in [2.05, 4.69) is 5.32 Å². The molecule has 1 heterocycles. The van der Waals surface area contributed by atoms with Gasteiger partial charge in [0.1, 0.15) is 10.7 Å². The summed E-state index contributed by atoms with van der Waals surface area (Å²) in [5, 5.41) is 13.2. The molecule has 0 fully saturated rings. The van der Waals surface area contributed by atoms with Crippen molar-refractivity contribution in [3.8, 4) is 0 Å². The van der Waals surface area contributed by atoms with Crippen LogP contribution in [0, 0.1) is 0 Å². The maximum Gasteiger partial charge on any atom is 0.261 e. The average molecular weight is 311 g/mol. The van der Waals surface area contributed by atoms with Gasteiger partial charge in [-0.3, -0.25) is 4.79 Å². The van der Waals surface area contributed by atoms with Crippen LogP contribution in [0.25, 0.3) is 0 Å². The van der Waals surface area contributed by atoms with Gasteiger partial charge in [-0.2, -0.15) is 0 Å². The first kappa shape index (κ1) is 14.7. The Balaban J connectivity index is 1.68. The number of aliphatic hydroxyl groups is 1. The predicted molar refractivity (Wildman–Crippen MR) is 89.5 cm³/mol. The van der Waals surface area contributed by atoms with Crippen molar-refractivity contribution in [1.29, 1.82) is 0 Å². The van der Waals surface area contributed by atoms with Crippen LogP contribution in [0.5, 0.6) is 0 Å². The molecule has 22 heavy (non-hydrogen) atoms. The second kappa shape index (κ2) is 6.71. The van der Waals surface area contributed by atoms with E-state index >= 15 is 0 Å². The zero-order chi connectivity index (χ0) is 15.4. The average Bonchev–Trinajstić information content (AvgIpc) is 2.81. The quantitative estimate of drug-likeness (QED) is 0.889. The van der Waals surface area contributed by atoms with Gasteiger partial charge in [-0.25, -0.2) is 0 Å². The van der Waals surface area contributed by atoms with Crippen LogP contribution in [0.1, 0.15) is 11.1 Å². The van der Waals surface area contributed by atoms with Gasteiger partial charge in [-0.05, 0) is 17.5 Å². The van der Waals surface area contributed by atoms with Crippen molar-refractivity contribution in [2.45, 2.75) is 18.2 Å². The molecule has 1 aliphatic rings. The van der Waals surface area contributed by atoms with Crippen LogP contribution < -0.4 is 5.32 Å². The minimum atomic E-state index is -0.326. The van der Waals surface area contributed by atoms with Gasteiger partial charge < -0.3 is 10.4 Å². The van der Waals surface area contributed by atoms with Gasteiger partial charge in [0.25, 0.3) is 5.91 Å². The number of benzene rings is 2. The van der Waals surface area contributed by atoms with Crippen molar-refractivity contribution in [1.82, 2.24) is 5.32 Å². The zero-order valence-corrected chi connectivity index (χ0v) is 12.8. The topological polar surface area (TPSA) is 49.3 Å². The first-order chi connectivity index (χ1) is 10.7. The summed E-state index contributed by atoms with van der Waals surface area (Å²) in [5.41, 5.74) is 2.22. The lowest BCUT2D eigenvalue weighted by atomic mass is 10.1. The van der Waals surface area contributed by atoms with Gasteiger partial charge in [-0.1, -0.05) is 60.7 Å². The van der Waals surface area contributed by atoms with Crippen LogP contribution in [-0.2, 0) is 17.0 Å². The highest BCUT2D eigenvalue weighted by Crippen LogP contribution is 2.30. The van der Waals surface area contributed by atoms with Crippen LogP contribution >= 0.6 is 11.8 Å².